The highest BCUT2D eigenvalue weighted by Gasteiger charge is 2.22. The van der Waals surface area contributed by atoms with Crippen molar-refractivity contribution in [2.24, 2.45) is 0 Å². The van der Waals surface area contributed by atoms with Gasteiger partial charge >= 0.3 is 0 Å². The van der Waals surface area contributed by atoms with E-state index in [1.165, 1.54) is 18.2 Å². The van der Waals surface area contributed by atoms with Crippen LogP contribution < -0.4 is 5.32 Å². The van der Waals surface area contributed by atoms with Gasteiger partial charge in [0.15, 0.2) is 0 Å². The van der Waals surface area contributed by atoms with Crippen LogP contribution in [0.5, 0.6) is 0 Å². The zero-order chi connectivity index (χ0) is 17.0. The van der Waals surface area contributed by atoms with Gasteiger partial charge in [0.25, 0.3) is 0 Å². The molecule has 0 saturated heterocycles. The van der Waals surface area contributed by atoms with E-state index in [1.807, 2.05) is 13.8 Å². The molecular formula is C17H21FN2O3. The molecule has 0 fully saturated rings. The van der Waals surface area contributed by atoms with Gasteiger partial charge in [0.1, 0.15) is 11.6 Å². The average molecular weight is 320 g/mol. The van der Waals surface area contributed by atoms with E-state index in [2.05, 4.69) is 10.5 Å². The van der Waals surface area contributed by atoms with Gasteiger partial charge in [-0.2, -0.15) is 0 Å². The van der Waals surface area contributed by atoms with E-state index in [1.54, 1.807) is 13.0 Å². The van der Waals surface area contributed by atoms with Gasteiger partial charge in [0.05, 0.1) is 24.3 Å². The molecule has 2 unspecified atom stereocenters. The van der Waals surface area contributed by atoms with E-state index in [-0.39, 0.29) is 18.4 Å². The van der Waals surface area contributed by atoms with Crippen LogP contribution >= 0.6 is 0 Å². The lowest BCUT2D eigenvalue weighted by Gasteiger charge is -2.18. The van der Waals surface area contributed by atoms with Crippen molar-refractivity contribution in [3.05, 3.63) is 52.7 Å². The number of hydrogen-bond acceptors (Lipinski definition) is 4. The van der Waals surface area contributed by atoms with Crippen molar-refractivity contribution < 1.29 is 18.8 Å². The molecule has 1 aromatic carbocycles. The Morgan fingerprint density at radius 3 is 2.74 bits per heavy atom. The number of hydrogen-bond donors (Lipinski definition) is 2. The predicted octanol–water partition coefficient (Wildman–Crippen LogP) is 3.12. The van der Waals surface area contributed by atoms with E-state index in [0.717, 1.165) is 11.3 Å². The van der Waals surface area contributed by atoms with Gasteiger partial charge in [-0.25, -0.2) is 4.39 Å². The Kier molecular flexibility index (Phi) is 5.50. The molecule has 2 atom stereocenters. The molecule has 1 amide bonds. The topological polar surface area (TPSA) is 75.4 Å². The highest BCUT2D eigenvalue weighted by molar-refractivity contribution is 5.77. The fourth-order valence-electron chi connectivity index (χ4n) is 2.63. The van der Waals surface area contributed by atoms with Crippen LogP contribution in [-0.2, 0) is 4.79 Å². The highest BCUT2D eigenvalue weighted by atomic mass is 19.1. The third-order valence-corrected chi connectivity index (χ3v) is 3.79. The Labute approximate surface area is 134 Å². The second-order valence-electron chi connectivity index (χ2n) is 5.54. The summed E-state index contributed by atoms with van der Waals surface area (Å²) in [6, 6.07) is 5.38. The molecular weight excluding hydrogens is 299 g/mol. The summed E-state index contributed by atoms with van der Waals surface area (Å²) in [6.07, 6.45) is -0.513. The molecule has 0 saturated carbocycles. The SMILES string of the molecule is CCC(NC(=O)CC(O)c1cccc(F)c1)c1c(C)noc1C. The average Bonchev–Trinajstić information content (AvgIpc) is 2.84. The number of rotatable bonds is 6. The number of nitrogens with one attached hydrogen (secondary N) is 1. The minimum absolute atomic E-state index is 0.136. The van der Waals surface area contributed by atoms with Crippen LogP contribution in [-0.4, -0.2) is 16.2 Å². The lowest BCUT2D eigenvalue weighted by atomic mass is 10.0. The van der Waals surface area contributed by atoms with Crippen molar-refractivity contribution in [1.82, 2.24) is 10.5 Å². The number of benzene rings is 1. The van der Waals surface area contributed by atoms with Crippen LogP contribution in [0.25, 0.3) is 0 Å². The number of halogens is 1. The number of aryl methyl sites for hydroxylation is 2. The number of amides is 1. The van der Waals surface area contributed by atoms with E-state index < -0.39 is 11.9 Å². The Morgan fingerprint density at radius 1 is 1.43 bits per heavy atom. The van der Waals surface area contributed by atoms with Gasteiger partial charge in [-0.1, -0.05) is 24.2 Å². The van der Waals surface area contributed by atoms with Crippen LogP contribution in [0.1, 0.15) is 54.5 Å². The van der Waals surface area contributed by atoms with Crippen molar-refractivity contribution in [3.8, 4) is 0 Å². The first-order chi connectivity index (χ1) is 10.9. The number of nitrogens with zero attached hydrogens (tertiary/aromatic N) is 1. The van der Waals surface area contributed by atoms with Gasteiger partial charge in [-0.15, -0.1) is 0 Å². The summed E-state index contributed by atoms with van der Waals surface area (Å²) in [5.74, 6) is -0.0851. The maximum atomic E-state index is 13.2. The quantitative estimate of drug-likeness (QED) is 0.857. The van der Waals surface area contributed by atoms with Crippen molar-refractivity contribution in [2.75, 3.05) is 0 Å². The van der Waals surface area contributed by atoms with Crippen molar-refractivity contribution in [3.63, 3.8) is 0 Å². The standard InChI is InChI=1S/C17H21FN2O3/c1-4-14(17-10(2)20-23-11(17)3)19-16(22)9-15(21)12-6-5-7-13(18)8-12/h5-8,14-15,21H,4,9H2,1-3H3,(H,19,22). The lowest BCUT2D eigenvalue weighted by molar-refractivity contribution is -0.123. The maximum Gasteiger partial charge on any atom is 0.223 e. The van der Waals surface area contributed by atoms with Crippen molar-refractivity contribution in [2.45, 2.75) is 45.8 Å². The highest BCUT2D eigenvalue weighted by Crippen LogP contribution is 2.25. The Balaban J connectivity index is 2.03. The first-order valence-corrected chi connectivity index (χ1v) is 7.58. The van der Waals surface area contributed by atoms with Gasteiger partial charge < -0.3 is 14.9 Å². The summed E-state index contributed by atoms with van der Waals surface area (Å²) in [4.78, 5) is 12.2. The first-order valence-electron chi connectivity index (χ1n) is 7.58. The number of aliphatic hydroxyl groups is 1. The monoisotopic (exact) mass is 320 g/mol. The normalized spacial score (nSPS) is 13.6. The fourth-order valence-corrected chi connectivity index (χ4v) is 2.63. The molecule has 6 heteroatoms. The number of carbonyl (C=O) groups excluding carboxylic acids is 1. The molecule has 0 bridgehead atoms. The van der Waals surface area contributed by atoms with Gasteiger partial charge in [-0.3, -0.25) is 4.79 Å². The van der Waals surface area contributed by atoms with Crippen LogP contribution in [0.3, 0.4) is 0 Å². The number of aliphatic hydroxyl groups excluding tert-OH is 1. The van der Waals surface area contributed by atoms with Gasteiger partial charge in [0, 0.05) is 5.56 Å². The Hall–Kier alpha value is -2.21. The van der Waals surface area contributed by atoms with Crippen molar-refractivity contribution >= 4 is 5.91 Å². The summed E-state index contributed by atoms with van der Waals surface area (Å²) in [6.45, 7) is 5.56. The summed E-state index contributed by atoms with van der Waals surface area (Å²) in [7, 11) is 0. The number of aromatic nitrogens is 1. The summed E-state index contributed by atoms with van der Waals surface area (Å²) < 4.78 is 18.3. The molecule has 0 aliphatic rings. The third-order valence-electron chi connectivity index (χ3n) is 3.79. The van der Waals surface area contributed by atoms with Crippen LogP contribution in [0.2, 0.25) is 0 Å². The first kappa shape index (κ1) is 17.1. The second kappa shape index (κ2) is 7.37. The zero-order valence-corrected chi connectivity index (χ0v) is 13.5. The number of carbonyl (C=O) groups is 1. The van der Waals surface area contributed by atoms with Crippen LogP contribution in [0.4, 0.5) is 4.39 Å². The molecule has 124 valence electrons. The lowest BCUT2D eigenvalue weighted by Crippen LogP contribution is -2.30. The summed E-state index contributed by atoms with van der Waals surface area (Å²) in [5, 5.41) is 16.8. The van der Waals surface area contributed by atoms with E-state index in [4.69, 9.17) is 4.52 Å². The molecule has 2 N–H and O–H groups in total. The van der Waals surface area contributed by atoms with Crippen molar-refractivity contribution in [1.29, 1.82) is 0 Å². The minimum atomic E-state index is -1.05. The molecule has 0 aliphatic carbocycles. The van der Waals surface area contributed by atoms with Crippen LogP contribution in [0, 0.1) is 19.7 Å². The molecule has 23 heavy (non-hydrogen) atoms. The minimum Gasteiger partial charge on any atom is -0.388 e. The predicted molar refractivity (Wildman–Crippen MR) is 83.1 cm³/mol. The molecule has 2 rings (SSSR count). The molecule has 0 radical (unpaired) electrons. The maximum absolute atomic E-state index is 13.2. The molecule has 5 nitrogen and oxygen atoms in total. The zero-order valence-electron chi connectivity index (χ0n) is 13.5. The smallest absolute Gasteiger partial charge is 0.223 e. The molecule has 1 heterocycles. The Morgan fingerprint density at radius 2 is 2.17 bits per heavy atom. The third kappa shape index (κ3) is 4.16. The van der Waals surface area contributed by atoms with E-state index in [9.17, 15) is 14.3 Å². The molecule has 0 aliphatic heterocycles. The largest absolute Gasteiger partial charge is 0.388 e. The fraction of sp³-hybridized carbons (Fsp3) is 0.412. The molecule has 0 spiro atoms. The van der Waals surface area contributed by atoms with Gasteiger partial charge in [0.2, 0.25) is 5.91 Å². The van der Waals surface area contributed by atoms with Gasteiger partial charge in [-0.05, 0) is 38.0 Å². The summed E-state index contributed by atoms with van der Waals surface area (Å²) >= 11 is 0. The van der Waals surface area contributed by atoms with E-state index >= 15 is 0 Å². The Bertz CT molecular complexity index is 665. The molecule has 1 aromatic heterocycles. The second-order valence-corrected chi connectivity index (χ2v) is 5.54. The molecule has 2 aromatic rings. The summed E-state index contributed by atoms with van der Waals surface area (Å²) in [5.41, 5.74) is 1.98. The van der Waals surface area contributed by atoms with Crippen LogP contribution in [0.15, 0.2) is 28.8 Å². The van der Waals surface area contributed by atoms with E-state index in [0.29, 0.717) is 17.7 Å².